The molecule has 0 radical (unpaired) electrons. The predicted molar refractivity (Wildman–Crippen MR) is 56.0 cm³/mol. The molecule has 1 aliphatic rings. The van der Waals surface area contributed by atoms with Gasteiger partial charge in [-0.25, -0.2) is 4.18 Å². The highest BCUT2D eigenvalue weighted by atomic mass is 79.9. The molecule has 15 heavy (non-hydrogen) atoms. The molecule has 0 aliphatic carbocycles. The molecule has 1 aliphatic heterocycles. The van der Waals surface area contributed by atoms with Crippen LogP contribution in [0, 0.1) is 5.92 Å². The molecule has 1 fully saturated rings. The number of nitrogens with zero attached hydrogens (tertiary/aromatic N) is 1. The highest BCUT2D eigenvalue weighted by molar-refractivity contribution is 9.09. The Balaban J connectivity index is 2.31. The Hall–Kier alpha value is -0.180. The van der Waals surface area contributed by atoms with Gasteiger partial charge in [-0.2, -0.15) is 8.42 Å². The average molecular weight is 302 g/mol. The van der Waals surface area contributed by atoms with E-state index in [4.69, 9.17) is 4.55 Å². The standard InChI is InChI=1S/C7H12BrNO5S/c8-4-6-3-7(10)9(5-6)1-2-14-15(11,12)13/h6H,1-5H2,(H,11,12,13). The highest BCUT2D eigenvalue weighted by Gasteiger charge is 2.28. The molecule has 0 bridgehead atoms. The summed E-state index contributed by atoms with van der Waals surface area (Å²) in [6.45, 7) is 0.570. The number of carbonyl (C=O) groups excluding carboxylic acids is 1. The van der Waals surface area contributed by atoms with Crippen LogP contribution in [0.5, 0.6) is 0 Å². The first kappa shape index (κ1) is 12.9. The SMILES string of the molecule is O=C1CC(CBr)CN1CCOS(=O)(=O)O. The third kappa shape index (κ3) is 4.45. The van der Waals surface area contributed by atoms with E-state index in [1.807, 2.05) is 0 Å². The lowest BCUT2D eigenvalue weighted by atomic mass is 10.2. The second kappa shape index (κ2) is 5.24. The third-order valence-electron chi connectivity index (χ3n) is 2.11. The van der Waals surface area contributed by atoms with Crippen LogP contribution < -0.4 is 0 Å². The van der Waals surface area contributed by atoms with Crippen LogP contribution >= 0.6 is 15.9 Å². The van der Waals surface area contributed by atoms with Gasteiger partial charge in [0.25, 0.3) is 0 Å². The molecular weight excluding hydrogens is 290 g/mol. The molecule has 0 saturated carbocycles. The molecule has 88 valence electrons. The summed E-state index contributed by atoms with van der Waals surface area (Å²) in [5, 5.41) is 0.744. The quantitative estimate of drug-likeness (QED) is 0.573. The second-order valence-corrected chi connectivity index (χ2v) is 5.05. The first-order valence-corrected chi connectivity index (χ1v) is 6.86. The fourth-order valence-electron chi connectivity index (χ4n) is 1.43. The molecule has 0 aromatic heterocycles. The molecule has 0 spiro atoms. The molecule has 1 heterocycles. The Morgan fingerprint density at radius 2 is 2.27 bits per heavy atom. The third-order valence-corrected chi connectivity index (χ3v) is 3.49. The first-order valence-electron chi connectivity index (χ1n) is 4.38. The smallest absolute Gasteiger partial charge is 0.340 e. The predicted octanol–water partition coefficient (Wildman–Crippen LogP) is 0.0492. The Kier molecular flexibility index (Phi) is 4.50. The van der Waals surface area contributed by atoms with Crippen LogP contribution in [0.4, 0.5) is 0 Å². The minimum atomic E-state index is -4.40. The van der Waals surface area contributed by atoms with Crippen LogP contribution in [-0.2, 0) is 19.4 Å². The van der Waals surface area contributed by atoms with Crippen molar-refractivity contribution < 1.29 is 21.9 Å². The molecule has 1 atom stereocenters. The lowest BCUT2D eigenvalue weighted by Gasteiger charge is -2.15. The molecule has 6 nitrogen and oxygen atoms in total. The number of rotatable bonds is 5. The van der Waals surface area contributed by atoms with Crippen molar-refractivity contribution in [3.8, 4) is 0 Å². The van der Waals surface area contributed by atoms with Gasteiger partial charge in [-0.1, -0.05) is 15.9 Å². The Morgan fingerprint density at radius 1 is 1.60 bits per heavy atom. The van der Waals surface area contributed by atoms with Crippen molar-refractivity contribution in [2.75, 3.05) is 25.0 Å². The number of amides is 1. The maximum Gasteiger partial charge on any atom is 0.397 e. The second-order valence-electron chi connectivity index (χ2n) is 3.31. The van der Waals surface area contributed by atoms with Gasteiger partial charge in [0.1, 0.15) is 0 Å². The number of hydrogen-bond acceptors (Lipinski definition) is 4. The Labute approximate surface area is 96.7 Å². The van der Waals surface area contributed by atoms with E-state index in [9.17, 15) is 13.2 Å². The van der Waals surface area contributed by atoms with Gasteiger partial charge in [0.05, 0.1) is 6.61 Å². The van der Waals surface area contributed by atoms with Crippen molar-refractivity contribution in [3.05, 3.63) is 0 Å². The van der Waals surface area contributed by atoms with Crippen molar-refractivity contribution in [1.82, 2.24) is 4.90 Å². The summed E-state index contributed by atoms with van der Waals surface area (Å²) in [5.74, 6) is 0.252. The molecule has 1 unspecified atom stereocenters. The van der Waals surface area contributed by atoms with Gasteiger partial charge < -0.3 is 4.90 Å². The van der Waals surface area contributed by atoms with Gasteiger partial charge in [0.2, 0.25) is 5.91 Å². The van der Waals surface area contributed by atoms with Gasteiger partial charge in [0, 0.05) is 24.8 Å². The maximum absolute atomic E-state index is 11.3. The fraction of sp³-hybridized carbons (Fsp3) is 0.857. The number of alkyl halides is 1. The normalized spacial score (nSPS) is 22.4. The zero-order valence-electron chi connectivity index (χ0n) is 7.93. The van der Waals surface area contributed by atoms with Gasteiger partial charge in [0.15, 0.2) is 0 Å². The first-order chi connectivity index (χ1) is 6.92. The number of carbonyl (C=O) groups is 1. The maximum atomic E-state index is 11.3. The number of likely N-dealkylation sites (tertiary alicyclic amines) is 1. The van der Waals surface area contributed by atoms with Crippen molar-refractivity contribution in [3.63, 3.8) is 0 Å². The molecule has 8 heteroatoms. The van der Waals surface area contributed by atoms with Crippen molar-refractivity contribution in [2.24, 2.45) is 5.92 Å². The van der Waals surface area contributed by atoms with Crippen LogP contribution in [0.3, 0.4) is 0 Å². The molecule has 0 aromatic carbocycles. The molecule has 1 rings (SSSR count). The van der Waals surface area contributed by atoms with Crippen LogP contribution in [0.1, 0.15) is 6.42 Å². The minimum absolute atomic E-state index is 0.0154. The van der Waals surface area contributed by atoms with Gasteiger partial charge in [-0.05, 0) is 5.92 Å². The molecule has 1 saturated heterocycles. The lowest BCUT2D eigenvalue weighted by molar-refractivity contribution is -0.128. The summed E-state index contributed by atoms with van der Waals surface area (Å²) < 4.78 is 32.9. The van der Waals surface area contributed by atoms with Crippen LogP contribution in [0.25, 0.3) is 0 Å². The summed E-state index contributed by atoms with van der Waals surface area (Å²) in [5.41, 5.74) is 0. The fourth-order valence-corrected chi connectivity index (χ4v) is 2.15. The largest absolute Gasteiger partial charge is 0.397 e. The van der Waals surface area contributed by atoms with Crippen LogP contribution in [0.2, 0.25) is 0 Å². The van der Waals surface area contributed by atoms with Crippen molar-refractivity contribution in [1.29, 1.82) is 0 Å². The monoisotopic (exact) mass is 301 g/mol. The van der Waals surface area contributed by atoms with Crippen molar-refractivity contribution in [2.45, 2.75) is 6.42 Å². The van der Waals surface area contributed by atoms with E-state index in [0.717, 1.165) is 5.33 Å². The summed E-state index contributed by atoms with van der Waals surface area (Å²) in [6, 6.07) is 0. The van der Waals surface area contributed by atoms with E-state index in [2.05, 4.69) is 20.1 Å². The molecule has 1 amide bonds. The molecule has 0 aromatic rings. The zero-order chi connectivity index (χ0) is 11.5. The summed E-state index contributed by atoms with van der Waals surface area (Å²) in [4.78, 5) is 12.9. The lowest BCUT2D eigenvalue weighted by Crippen LogP contribution is -2.29. The van der Waals surface area contributed by atoms with Gasteiger partial charge in [-0.3, -0.25) is 9.35 Å². The van der Waals surface area contributed by atoms with E-state index in [1.165, 1.54) is 4.90 Å². The summed E-state index contributed by atoms with van der Waals surface area (Å²) in [7, 11) is -4.40. The average Bonchev–Trinajstić information content (AvgIpc) is 2.45. The van der Waals surface area contributed by atoms with E-state index in [1.54, 1.807) is 0 Å². The van der Waals surface area contributed by atoms with Crippen LogP contribution in [0.15, 0.2) is 0 Å². The van der Waals surface area contributed by atoms with Gasteiger partial charge in [-0.15, -0.1) is 0 Å². The molecule has 1 N–H and O–H groups in total. The van der Waals surface area contributed by atoms with E-state index in [0.29, 0.717) is 13.0 Å². The molecular formula is C7H12BrNO5S. The Bertz CT molecular complexity index is 330. The highest BCUT2D eigenvalue weighted by Crippen LogP contribution is 2.18. The minimum Gasteiger partial charge on any atom is -0.340 e. The van der Waals surface area contributed by atoms with E-state index in [-0.39, 0.29) is 25.0 Å². The Morgan fingerprint density at radius 3 is 2.73 bits per heavy atom. The summed E-state index contributed by atoms with van der Waals surface area (Å²) in [6.07, 6.45) is 0.469. The van der Waals surface area contributed by atoms with E-state index >= 15 is 0 Å². The zero-order valence-corrected chi connectivity index (χ0v) is 10.3. The number of hydrogen-bond donors (Lipinski definition) is 1. The van der Waals surface area contributed by atoms with Crippen molar-refractivity contribution >= 4 is 32.2 Å². The topological polar surface area (TPSA) is 83.9 Å². The summed E-state index contributed by atoms with van der Waals surface area (Å²) >= 11 is 3.29. The van der Waals surface area contributed by atoms with Gasteiger partial charge >= 0.3 is 10.4 Å². The van der Waals surface area contributed by atoms with E-state index < -0.39 is 10.4 Å². The van der Waals surface area contributed by atoms with Crippen LogP contribution in [-0.4, -0.2) is 48.8 Å². The number of halogens is 1.